The third-order valence-corrected chi connectivity index (χ3v) is 7.62. The number of hydrogen-bond donors (Lipinski definition) is 3. The van der Waals surface area contributed by atoms with E-state index < -0.39 is 5.97 Å². The first-order chi connectivity index (χ1) is 21.2. The maximum Gasteiger partial charge on any atom is 0.335 e. The van der Waals surface area contributed by atoms with Gasteiger partial charge in [-0.15, -0.1) is 0 Å². The molecule has 2 aromatic carbocycles. The summed E-state index contributed by atoms with van der Waals surface area (Å²) in [6, 6.07) is 10.7. The van der Waals surface area contributed by atoms with Crippen molar-refractivity contribution in [2.45, 2.75) is 94.1 Å². The zero-order chi connectivity index (χ0) is 35.1. The summed E-state index contributed by atoms with van der Waals surface area (Å²) < 4.78 is 25.0. The fourth-order valence-electron chi connectivity index (χ4n) is 4.06. The number of nitrogens with one attached hydrogen (secondary N) is 1. The summed E-state index contributed by atoms with van der Waals surface area (Å²) in [7, 11) is 1.25. The van der Waals surface area contributed by atoms with Crippen LogP contribution in [0, 0.1) is 13.8 Å². The fourth-order valence-corrected chi connectivity index (χ4v) is 4.56. The Morgan fingerprint density at radius 1 is 0.953 bits per heavy atom. The van der Waals surface area contributed by atoms with Crippen molar-refractivity contribution in [2.75, 3.05) is 32.8 Å². The van der Waals surface area contributed by atoms with Gasteiger partial charge in [-0.05, 0) is 96.0 Å². The number of amides is 1. The molecule has 2 saturated heterocycles. The van der Waals surface area contributed by atoms with Gasteiger partial charge < -0.3 is 29.9 Å². The number of aliphatic hydroxyl groups excluding tert-OH is 1. The first kappa shape index (κ1) is 39.2. The number of aliphatic hydroxyl groups is 1. The van der Waals surface area contributed by atoms with Crippen LogP contribution in [0.3, 0.4) is 0 Å². The largest absolute Gasteiger partial charge is 0.478 e. The van der Waals surface area contributed by atoms with Gasteiger partial charge >= 0.3 is 5.97 Å². The van der Waals surface area contributed by atoms with Gasteiger partial charge in [0, 0.05) is 50.0 Å². The van der Waals surface area contributed by atoms with E-state index in [0.717, 1.165) is 38.7 Å². The minimum atomic E-state index is -0.888. The number of ether oxygens (including phenoxy) is 2. The number of hydrogen-bond acceptors (Lipinski definition) is 6. The molecule has 0 unspecified atom stereocenters. The molecule has 0 spiro atoms. The summed E-state index contributed by atoms with van der Waals surface area (Å²) in [5, 5.41) is 19.4. The number of carboxylic acids is 1. The van der Waals surface area contributed by atoms with Crippen LogP contribution in [0.5, 0.6) is 0 Å². The maximum absolute atomic E-state index is 12.4. The molecule has 2 aromatic rings. The van der Waals surface area contributed by atoms with Gasteiger partial charge in [-0.2, -0.15) is 0 Å². The van der Waals surface area contributed by atoms with Crippen LogP contribution in [0.25, 0.3) is 0 Å². The Hall–Kier alpha value is -1.82. The SMILES string of the molecule is CCO.C[C@@H]1CNC[C@H](C)O1.Cc1cc(C(=O)N2C[C@@H](C)O[C@@H](C)C2)ccc1Br.Cc1cc(C(=O)O)ccc1Br.[2H]CC.[3H]C. The summed E-state index contributed by atoms with van der Waals surface area (Å²) in [4.78, 5) is 24.7. The minimum absolute atomic E-state index is 0.0904. The van der Waals surface area contributed by atoms with Gasteiger partial charge in [0.25, 0.3) is 5.91 Å². The predicted molar refractivity (Wildman–Crippen MR) is 184 cm³/mol. The van der Waals surface area contributed by atoms with E-state index in [2.05, 4.69) is 51.0 Å². The first-order valence-electron chi connectivity index (χ1n) is 15.9. The summed E-state index contributed by atoms with van der Waals surface area (Å²) in [5.74, 6) is -0.798. The molecular formula is C33H54Br2N2O6. The lowest BCUT2D eigenvalue weighted by molar-refractivity contribution is -0.0586. The average molecular weight is 738 g/mol. The van der Waals surface area contributed by atoms with Gasteiger partial charge in [0.15, 0.2) is 0 Å². The quantitative estimate of drug-likeness (QED) is 0.293. The third-order valence-electron chi connectivity index (χ3n) is 5.84. The van der Waals surface area contributed by atoms with E-state index in [9.17, 15) is 9.59 Å². The topological polar surface area (TPSA) is 108 Å². The molecule has 2 heterocycles. The molecule has 3 N–H and O–H groups in total. The molecule has 0 aromatic heterocycles. The number of aryl methyl sites for hydroxylation is 2. The van der Waals surface area contributed by atoms with Crippen LogP contribution in [0.15, 0.2) is 45.3 Å². The number of rotatable bonds is 2. The van der Waals surface area contributed by atoms with Crippen LogP contribution < -0.4 is 5.32 Å². The molecule has 1 amide bonds. The second kappa shape index (κ2) is 23.5. The standard InChI is InChI=1S/C14H18BrNO2.C8H7BrO2.C6H13NO.C2H6O.C2H6.CH4/c1-9-6-12(4-5-13(9)15)14(17)16-7-10(2)18-11(3)8-16;1-5-4-6(8(10)11)2-3-7(5)9;1-5-3-7-4-6(2)8-5;1-2-3;1-2;/h4-6,10-11H,7-8H2,1-3H3;2-4H,1H3,(H,10,11);5-7H,3-4H2,1-2H3;3H,2H2,1H3;1-2H3;1H4/t10-,11+;;5-,6+;;;/i;;;;1D;1T. The van der Waals surface area contributed by atoms with E-state index in [4.69, 9.17) is 22.4 Å². The van der Waals surface area contributed by atoms with Crippen molar-refractivity contribution in [3.8, 4) is 0 Å². The fraction of sp³-hybridized carbons (Fsp3) is 0.576. The normalized spacial score (nSPS) is 21.0. The Morgan fingerprint density at radius 2 is 1.33 bits per heavy atom. The van der Waals surface area contributed by atoms with Crippen molar-refractivity contribution in [3.63, 3.8) is 0 Å². The Kier molecular flexibility index (Phi) is 21.5. The zero-order valence-electron chi connectivity index (χ0n) is 29.2. The molecule has 8 nitrogen and oxygen atoms in total. The molecular weight excluding hydrogens is 680 g/mol. The minimum Gasteiger partial charge on any atom is -0.478 e. The van der Waals surface area contributed by atoms with Gasteiger partial charge in [0.1, 0.15) is 0 Å². The first-order valence-corrected chi connectivity index (χ1v) is 15.8. The predicted octanol–water partition coefficient (Wildman–Crippen LogP) is 7.51. The van der Waals surface area contributed by atoms with Crippen LogP contribution in [-0.2, 0) is 9.47 Å². The highest BCUT2D eigenvalue weighted by molar-refractivity contribution is 9.10. The van der Waals surface area contributed by atoms with E-state index in [1.165, 1.54) is 7.40 Å². The molecule has 4 rings (SSSR count). The van der Waals surface area contributed by atoms with E-state index in [1.807, 2.05) is 50.8 Å². The lowest BCUT2D eigenvalue weighted by atomic mass is 10.1. The number of carbonyl (C=O) groups is 2. The summed E-state index contributed by atoms with van der Waals surface area (Å²) in [6.07, 6.45) is 1.01. The molecule has 2 aliphatic rings. The highest BCUT2D eigenvalue weighted by Gasteiger charge is 2.26. The van der Waals surface area contributed by atoms with Gasteiger partial charge in [-0.1, -0.05) is 53.1 Å². The summed E-state index contributed by atoms with van der Waals surface area (Å²) >= 11 is 6.73. The van der Waals surface area contributed by atoms with Crippen LogP contribution >= 0.6 is 31.9 Å². The highest BCUT2D eigenvalue weighted by Crippen LogP contribution is 2.20. The van der Waals surface area contributed by atoms with Gasteiger partial charge in [-0.25, -0.2) is 4.79 Å². The molecule has 246 valence electrons. The number of nitrogens with zero attached hydrogens (tertiary/aromatic N) is 1. The molecule has 4 atom stereocenters. The lowest BCUT2D eigenvalue weighted by Gasteiger charge is -2.35. The van der Waals surface area contributed by atoms with Crippen LogP contribution in [0.1, 0.15) is 90.4 Å². The third kappa shape index (κ3) is 17.3. The highest BCUT2D eigenvalue weighted by atomic mass is 79.9. The van der Waals surface area contributed by atoms with Gasteiger partial charge in [-0.3, -0.25) is 4.79 Å². The van der Waals surface area contributed by atoms with E-state index in [1.54, 1.807) is 32.0 Å². The molecule has 2 aliphatic heterocycles. The Morgan fingerprint density at radius 3 is 1.67 bits per heavy atom. The molecule has 0 saturated carbocycles. The van der Waals surface area contributed by atoms with Crippen molar-refractivity contribution in [1.82, 2.24) is 10.2 Å². The summed E-state index contributed by atoms with van der Waals surface area (Å²) in [6.45, 7) is 19.6. The molecule has 10 heteroatoms. The van der Waals surface area contributed by atoms with Crippen molar-refractivity contribution in [1.29, 1.82) is 0 Å². The summed E-state index contributed by atoms with van der Waals surface area (Å²) in [5.41, 5.74) is 3.09. The molecule has 0 radical (unpaired) electrons. The number of carbonyl (C=O) groups excluding carboxylic acids is 1. The van der Waals surface area contributed by atoms with Crippen LogP contribution in [0.4, 0.5) is 0 Å². The van der Waals surface area contributed by atoms with Crippen molar-refractivity contribution in [3.05, 3.63) is 67.6 Å². The van der Waals surface area contributed by atoms with Crippen LogP contribution in [0.2, 0.25) is 0 Å². The number of halogens is 2. The Bertz CT molecular complexity index is 1090. The number of carboxylic acid groups (broad SMARTS) is 1. The van der Waals surface area contributed by atoms with Crippen molar-refractivity contribution < 1.29 is 32.0 Å². The van der Waals surface area contributed by atoms with Crippen LogP contribution in [-0.4, -0.2) is 84.2 Å². The van der Waals surface area contributed by atoms with E-state index in [0.29, 0.717) is 37.8 Å². The second-order valence-electron chi connectivity index (χ2n) is 9.93. The maximum atomic E-state index is 12.4. The molecule has 43 heavy (non-hydrogen) atoms. The zero-order valence-corrected chi connectivity index (χ0v) is 30.4. The monoisotopic (exact) mass is 735 g/mol. The van der Waals surface area contributed by atoms with E-state index in [-0.39, 0.29) is 24.7 Å². The number of benzene rings is 2. The second-order valence-corrected chi connectivity index (χ2v) is 11.6. The average Bonchev–Trinajstić information content (AvgIpc) is 2.97. The molecule has 2 fully saturated rings. The smallest absolute Gasteiger partial charge is 0.335 e. The molecule has 0 aliphatic carbocycles. The molecule has 0 bridgehead atoms. The Labute approximate surface area is 279 Å². The van der Waals surface area contributed by atoms with E-state index >= 15 is 0 Å². The lowest BCUT2D eigenvalue weighted by Crippen LogP contribution is -2.48. The van der Waals surface area contributed by atoms with Gasteiger partial charge in [0.2, 0.25) is 0 Å². The van der Waals surface area contributed by atoms with Gasteiger partial charge in [0.05, 0.1) is 30.0 Å². The Balaban J connectivity index is 0. The number of aromatic carboxylic acids is 1. The number of morpholine rings is 2. The van der Waals surface area contributed by atoms with Crippen molar-refractivity contribution >= 4 is 43.7 Å². The van der Waals surface area contributed by atoms with Crippen molar-refractivity contribution in [2.24, 2.45) is 0 Å².